The van der Waals surface area contributed by atoms with Gasteiger partial charge in [0.05, 0.1) is 32.2 Å². The molecular weight excluding hydrogens is 418 g/mol. The number of carbonyl (C=O) groups is 2. The molecular formula is C21H23N5O4S. The van der Waals surface area contributed by atoms with Crippen LogP contribution in [-0.2, 0) is 9.59 Å². The lowest BCUT2D eigenvalue weighted by Crippen LogP contribution is -2.36. The molecule has 1 N–H and O–H groups in total. The molecule has 0 aliphatic rings. The predicted octanol–water partition coefficient (Wildman–Crippen LogP) is 2.47. The molecule has 0 saturated carbocycles. The van der Waals surface area contributed by atoms with Crippen molar-refractivity contribution in [2.75, 3.05) is 38.9 Å². The van der Waals surface area contributed by atoms with Gasteiger partial charge in [-0.15, -0.1) is 10.2 Å². The van der Waals surface area contributed by atoms with E-state index in [4.69, 9.17) is 9.47 Å². The summed E-state index contributed by atoms with van der Waals surface area (Å²) in [7, 11) is 4.73. The molecule has 0 aliphatic carbocycles. The normalized spacial score (nSPS) is 10.4. The molecule has 31 heavy (non-hydrogen) atoms. The summed E-state index contributed by atoms with van der Waals surface area (Å²) in [5.41, 5.74) is 1.38. The Bertz CT molecular complexity index is 1060. The summed E-state index contributed by atoms with van der Waals surface area (Å²) in [6.45, 7) is -0.0736. The Morgan fingerprint density at radius 1 is 1.13 bits per heavy atom. The quantitative estimate of drug-likeness (QED) is 0.509. The number of nitrogens with one attached hydrogen (secondary N) is 1. The van der Waals surface area contributed by atoms with Gasteiger partial charge in [0.15, 0.2) is 5.16 Å². The van der Waals surface area contributed by atoms with Crippen molar-refractivity contribution in [1.29, 1.82) is 0 Å². The Labute approximate surface area is 184 Å². The number of aromatic nitrogens is 3. The van der Waals surface area contributed by atoms with Crippen LogP contribution in [0.15, 0.2) is 60.0 Å². The van der Waals surface area contributed by atoms with E-state index in [2.05, 4.69) is 15.5 Å². The second-order valence-corrected chi connectivity index (χ2v) is 7.42. The molecule has 2 amide bonds. The van der Waals surface area contributed by atoms with Gasteiger partial charge >= 0.3 is 0 Å². The van der Waals surface area contributed by atoms with Crippen LogP contribution in [0, 0.1) is 0 Å². The fourth-order valence-electron chi connectivity index (χ4n) is 2.76. The van der Waals surface area contributed by atoms with Crippen molar-refractivity contribution in [1.82, 2.24) is 19.7 Å². The summed E-state index contributed by atoms with van der Waals surface area (Å²) in [6, 6.07) is 14.5. The molecule has 2 aromatic carbocycles. The van der Waals surface area contributed by atoms with Gasteiger partial charge in [0, 0.05) is 18.8 Å². The van der Waals surface area contributed by atoms with E-state index >= 15 is 0 Å². The van der Waals surface area contributed by atoms with E-state index in [0.29, 0.717) is 22.3 Å². The molecule has 1 heterocycles. The van der Waals surface area contributed by atoms with Crippen molar-refractivity contribution < 1.29 is 19.1 Å². The van der Waals surface area contributed by atoms with Gasteiger partial charge in [-0.3, -0.25) is 14.2 Å². The summed E-state index contributed by atoms with van der Waals surface area (Å²) in [5, 5.41) is 11.3. The Morgan fingerprint density at radius 3 is 2.71 bits per heavy atom. The number of para-hydroxylation sites is 2. The topological polar surface area (TPSA) is 98.6 Å². The summed E-state index contributed by atoms with van der Waals surface area (Å²) in [5.74, 6) is 0.905. The zero-order chi connectivity index (χ0) is 22.2. The van der Waals surface area contributed by atoms with Crippen molar-refractivity contribution in [3.05, 3.63) is 54.9 Å². The number of likely N-dealkylation sites (N-methyl/N-ethyl adjacent to an activating group) is 1. The number of nitrogens with zero attached hydrogens (tertiary/aromatic N) is 4. The fourth-order valence-corrected chi connectivity index (χ4v) is 3.62. The van der Waals surface area contributed by atoms with Crippen LogP contribution >= 0.6 is 11.8 Å². The average molecular weight is 442 g/mol. The molecule has 0 unspecified atom stereocenters. The first kappa shape index (κ1) is 22.2. The average Bonchev–Trinajstić information content (AvgIpc) is 3.25. The van der Waals surface area contributed by atoms with E-state index in [-0.39, 0.29) is 24.1 Å². The molecule has 0 atom stereocenters. The van der Waals surface area contributed by atoms with Crippen molar-refractivity contribution in [2.24, 2.45) is 0 Å². The van der Waals surface area contributed by atoms with E-state index in [1.807, 2.05) is 24.3 Å². The highest BCUT2D eigenvalue weighted by Gasteiger charge is 2.17. The number of hydrogen-bond acceptors (Lipinski definition) is 7. The molecule has 0 spiro atoms. The van der Waals surface area contributed by atoms with E-state index < -0.39 is 0 Å². The molecule has 0 aliphatic heterocycles. The molecule has 9 nitrogen and oxygen atoms in total. The smallest absolute Gasteiger partial charge is 0.243 e. The largest absolute Gasteiger partial charge is 0.497 e. The van der Waals surface area contributed by atoms with Crippen LogP contribution in [0.5, 0.6) is 11.5 Å². The van der Waals surface area contributed by atoms with Crippen LogP contribution in [0.3, 0.4) is 0 Å². The lowest BCUT2D eigenvalue weighted by atomic mass is 10.3. The van der Waals surface area contributed by atoms with Crippen molar-refractivity contribution in [3.8, 4) is 17.2 Å². The van der Waals surface area contributed by atoms with Gasteiger partial charge in [-0.2, -0.15) is 0 Å². The molecule has 0 radical (unpaired) electrons. The number of rotatable bonds is 9. The van der Waals surface area contributed by atoms with E-state index in [1.165, 1.54) is 16.7 Å². The Morgan fingerprint density at radius 2 is 1.94 bits per heavy atom. The van der Waals surface area contributed by atoms with Gasteiger partial charge in [0.1, 0.15) is 17.8 Å². The molecule has 0 fully saturated rings. The Balaban J connectivity index is 1.56. The SMILES string of the molecule is COc1cccc(NC(=O)CN(C)C(=O)CSc2nncn2-c2ccccc2OC)c1. The van der Waals surface area contributed by atoms with E-state index in [9.17, 15) is 9.59 Å². The minimum absolute atomic E-state index is 0.0736. The number of hydrogen-bond donors (Lipinski definition) is 1. The Kier molecular flexibility index (Phi) is 7.50. The predicted molar refractivity (Wildman–Crippen MR) is 118 cm³/mol. The summed E-state index contributed by atoms with van der Waals surface area (Å²) >= 11 is 1.23. The van der Waals surface area contributed by atoms with Crippen molar-refractivity contribution in [2.45, 2.75) is 5.16 Å². The molecule has 3 rings (SSSR count). The van der Waals surface area contributed by atoms with Crippen LogP contribution in [0.1, 0.15) is 0 Å². The third-order valence-electron chi connectivity index (χ3n) is 4.35. The Hall–Kier alpha value is -3.53. The molecule has 0 saturated heterocycles. The minimum Gasteiger partial charge on any atom is -0.497 e. The first-order valence-electron chi connectivity index (χ1n) is 9.36. The number of anilines is 1. The van der Waals surface area contributed by atoms with Gasteiger partial charge < -0.3 is 19.7 Å². The number of benzene rings is 2. The number of methoxy groups -OCH3 is 2. The maximum absolute atomic E-state index is 12.5. The highest BCUT2D eigenvalue weighted by atomic mass is 32.2. The van der Waals surface area contributed by atoms with Crippen molar-refractivity contribution in [3.63, 3.8) is 0 Å². The minimum atomic E-state index is -0.300. The fraction of sp³-hybridized carbons (Fsp3) is 0.238. The maximum atomic E-state index is 12.5. The number of ether oxygens (including phenoxy) is 2. The number of carbonyl (C=O) groups excluding carboxylic acids is 2. The summed E-state index contributed by atoms with van der Waals surface area (Å²) in [4.78, 5) is 26.2. The standard InChI is InChI=1S/C21H23N5O4S/c1-25(12-19(27)23-15-7-6-8-16(11-15)29-2)20(28)13-31-21-24-22-14-26(21)17-9-4-5-10-18(17)30-3/h4-11,14H,12-13H2,1-3H3,(H,23,27). The number of thioether (sulfide) groups is 1. The monoisotopic (exact) mass is 441 g/mol. The van der Waals surface area contributed by atoms with Crippen LogP contribution in [0.4, 0.5) is 5.69 Å². The van der Waals surface area contributed by atoms with Gasteiger partial charge in [0.25, 0.3) is 0 Å². The highest BCUT2D eigenvalue weighted by Crippen LogP contribution is 2.26. The van der Waals surface area contributed by atoms with E-state index in [1.54, 1.807) is 56.4 Å². The van der Waals surface area contributed by atoms with Crippen molar-refractivity contribution >= 4 is 29.3 Å². The zero-order valence-corrected chi connectivity index (χ0v) is 18.3. The van der Waals surface area contributed by atoms with Crippen LogP contribution < -0.4 is 14.8 Å². The molecule has 10 heteroatoms. The van der Waals surface area contributed by atoms with Gasteiger partial charge in [-0.25, -0.2) is 0 Å². The van der Waals surface area contributed by atoms with Gasteiger partial charge in [0.2, 0.25) is 11.8 Å². The molecule has 3 aromatic rings. The third kappa shape index (κ3) is 5.76. The summed E-state index contributed by atoms with van der Waals surface area (Å²) in [6.07, 6.45) is 1.57. The third-order valence-corrected chi connectivity index (χ3v) is 5.27. The summed E-state index contributed by atoms with van der Waals surface area (Å²) < 4.78 is 12.3. The molecule has 0 bridgehead atoms. The molecule has 1 aromatic heterocycles. The first-order chi connectivity index (χ1) is 15.0. The van der Waals surface area contributed by atoms with Crippen LogP contribution in [0.25, 0.3) is 5.69 Å². The lowest BCUT2D eigenvalue weighted by Gasteiger charge is -2.17. The second-order valence-electron chi connectivity index (χ2n) is 6.47. The first-order valence-corrected chi connectivity index (χ1v) is 10.3. The second kappa shape index (κ2) is 10.5. The van der Waals surface area contributed by atoms with E-state index in [0.717, 1.165) is 5.69 Å². The van der Waals surface area contributed by atoms with Crippen LogP contribution in [0.2, 0.25) is 0 Å². The maximum Gasteiger partial charge on any atom is 0.243 e. The number of amides is 2. The zero-order valence-electron chi connectivity index (χ0n) is 17.4. The lowest BCUT2D eigenvalue weighted by molar-refractivity contribution is -0.131. The van der Waals surface area contributed by atoms with Gasteiger partial charge in [-0.05, 0) is 24.3 Å². The van der Waals surface area contributed by atoms with Crippen LogP contribution in [-0.4, -0.2) is 65.0 Å². The van der Waals surface area contributed by atoms with Gasteiger partial charge in [-0.1, -0.05) is 30.0 Å². The highest BCUT2D eigenvalue weighted by molar-refractivity contribution is 7.99. The molecule has 162 valence electrons.